The summed E-state index contributed by atoms with van der Waals surface area (Å²) in [6, 6.07) is 5.71. The van der Waals surface area contributed by atoms with Crippen LogP contribution in [0.3, 0.4) is 0 Å². The molecule has 0 spiro atoms. The maximum atomic E-state index is 12.0. The summed E-state index contributed by atoms with van der Waals surface area (Å²) in [6.07, 6.45) is 2.73. The third-order valence-electron chi connectivity index (χ3n) is 3.58. The van der Waals surface area contributed by atoms with Gasteiger partial charge in [-0.05, 0) is 50.0 Å². The van der Waals surface area contributed by atoms with Crippen LogP contribution in [0.2, 0.25) is 0 Å². The molecule has 0 bridgehead atoms. The first-order valence-electron chi connectivity index (χ1n) is 6.99. The summed E-state index contributed by atoms with van der Waals surface area (Å²) in [5, 5.41) is 6.38. The lowest BCUT2D eigenvalue weighted by atomic mass is 9.99. The molecule has 1 aliphatic rings. The Labute approximate surface area is 140 Å². The molecule has 0 saturated carbocycles. The maximum Gasteiger partial charge on any atom is 0.224 e. The van der Waals surface area contributed by atoms with Crippen LogP contribution in [0, 0.1) is 5.92 Å². The summed E-state index contributed by atoms with van der Waals surface area (Å²) in [7, 11) is 1.62. The molecule has 1 aromatic rings. The highest BCUT2D eigenvalue weighted by atomic mass is 79.9. The molecule has 6 heteroatoms. The van der Waals surface area contributed by atoms with Gasteiger partial charge >= 0.3 is 0 Å². The predicted octanol–water partition coefficient (Wildman–Crippen LogP) is 2.54. The molecule has 1 amide bonds. The SMILES string of the molecule is COc1ccc(Br)cc1CC(=O)NCC1CCCNC1.Cl. The smallest absolute Gasteiger partial charge is 0.224 e. The number of hydrogen-bond acceptors (Lipinski definition) is 3. The number of benzene rings is 1. The van der Waals surface area contributed by atoms with E-state index in [1.807, 2.05) is 18.2 Å². The van der Waals surface area contributed by atoms with Crippen LogP contribution in [0.15, 0.2) is 22.7 Å². The van der Waals surface area contributed by atoms with E-state index in [9.17, 15) is 4.79 Å². The molecular formula is C15H22BrClN2O2. The molecule has 2 rings (SSSR count). The van der Waals surface area contributed by atoms with Crippen molar-refractivity contribution >= 4 is 34.2 Å². The van der Waals surface area contributed by atoms with E-state index < -0.39 is 0 Å². The number of rotatable bonds is 5. The lowest BCUT2D eigenvalue weighted by Crippen LogP contribution is -2.38. The van der Waals surface area contributed by atoms with Crippen molar-refractivity contribution < 1.29 is 9.53 Å². The van der Waals surface area contributed by atoms with Crippen LogP contribution in [0.25, 0.3) is 0 Å². The number of ether oxygens (including phenoxy) is 1. The van der Waals surface area contributed by atoms with Crippen LogP contribution in [-0.2, 0) is 11.2 Å². The molecule has 1 saturated heterocycles. The van der Waals surface area contributed by atoms with Crippen molar-refractivity contribution in [2.75, 3.05) is 26.7 Å². The normalized spacial score (nSPS) is 17.7. The molecular weight excluding hydrogens is 356 g/mol. The largest absolute Gasteiger partial charge is 0.496 e. The predicted molar refractivity (Wildman–Crippen MR) is 90.2 cm³/mol. The van der Waals surface area contributed by atoms with Crippen LogP contribution in [0.5, 0.6) is 5.75 Å². The van der Waals surface area contributed by atoms with Gasteiger partial charge in [0, 0.05) is 16.6 Å². The van der Waals surface area contributed by atoms with Crippen molar-refractivity contribution in [2.45, 2.75) is 19.3 Å². The van der Waals surface area contributed by atoms with Crippen LogP contribution < -0.4 is 15.4 Å². The van der Waals surface area contributed by atoms with Gasteiger partial charge in [-0.25, -0.2) is 0 Å². The summed E-state index contributed by atoms with van der Waals surface area (Å²) < 4.78 is 6.24. The Morgan fingerprint density at radius 2 is 2.33 bits per heavy atom. The van der Waals surface area contributed by atoms with Gasteiger partial charge in [-0.15, -0.1) is 12.4 Å². The second kappa shape index (κ2) is 9.28. The Morgan fingerprint density at radius 1 is 1.52 bits per heavy atom. The summed E-state index contributed by atoms with van der Waals surface area (Å²) in [5.74, 6) is 1.35. The zero-order chi connectivity index (χ0) is 14.4. The number of halogens is 2. The van der Waals surface area contributed by atoms with Gasteiger partial charge in [-0.1, -0.05) is 15.9 Å². The summed E-state index contributed by atoms with van der Waals surface area (Å²) in [5.41, 5.74) is 0.904. The minimum absolute atomic E-state index is 0. The summed E-state index contributed by atoms with van der Waals surface area (Å²) in [4.78, 5) is 12.0. The Morgan fingerprint density at radius 3 is 3.00 bits per heavy atom. The Hall–Kier alpha value is -0.780. The van der Waals surface area contributed by atoms with Crippen LogP contribution in [-0.4, -0.2) is 32.7 Å². The molecule has 2 N–H and O–H groups in total. The number of methoxy groups -OCH3 is 1. The van der Waals surface area contributed by atoms with Crippen molar-refractivity contribution in [3.8, 4) is 5.75 Å². The molecule has 1 aromatic carbocycles. The monoisotopic (exact) mass is 376 g/mol. The summed E-state index contributed by atoms with van der Waals surface area (Å²) in [6.45, 7) is 2.85. The molecule has 118 valence electrons. The molecule has 1 heterocycles. The zero-order valence-corrected chi connectivity index (χ0v) is 14.6. The highest BCUT2D eigenvalue weighted by Gasteiger charge is 2.15. The van der Waals surface area contributed by atoms with Gasteiger partial charge in [0.2, 0.25) is 5.91 Å². The van der Waals surface area contributed by atoms with Crippen LogP contribution in [0.1, 0.15) is 18.4 Å². The molecule has 1 fully saturated rings. The summed E-state index contributed by atoms with van der Waals surface area (Å²) >= 11 is 3.42. The molecule has 1 aliphatic heterocycles. The van der Waals surface area contributed by atoms with Gasteiger partial charge in [0.25, 0.3) is 0 Å². The lowest BCUT2D eigenvalue weighted by molar-refractivity contribution is -0.120. The van der Waals surface area contributed by atoms with Gasteiger partial charge in [-0.2, -0.15) is 0 Å². The average molecular weight is 378 g/mol. The minimum Gasteiger partial charge on any atom is -0.496 e. The Kier molecular flexibility index (Phi) is 8.07. The maximum absolute atomic E-state index is 12.0. The van der Waals surface area contributed by atoms with E-state index in [1.54, 1.807) is 7.11 Å². The first-order chi connectivity index (χ1) is 9.69. The fourth-order valence-electron chi connectivity index (χ4n) is 2.48. The topological polar surface area (TPSA) is 50.4 Å². The molecule has 0 aromatic heterocycles. The average Bonchev–Trinajstić information content (AvgIpc) is 2.46. The van der Waals surface area contributed by atoms with Crippen molar-refractivity contribution in [3.63, 3.8) is 0 Å². The van der Waals surface area contributed by atoms with E-state index in [0.717, 1.165) is 35.4 Å². The fourth-order valence-corrected chi connectivity index (χ4v) is 2.89. The number of carbonyl (C=O) groups excluding carboxylic acids is 1. The molecule has 1 atom stereocenters. The number of amides is 1. The highest BCUT2D eigenvalue weighted by Crippen LogP contribution is 2.23. The Bertz CT molecular complexity index is 465. The number of carbonyl (C=O) groups is 1. The van der Waals surface area contributed by atoms with E-state index >= 15 is 0 Å². The second-order valence-electron chi connectivity index (χ2n) is 5.15. The molecule has 21 heavy (non-hydrogen) atoms. The van der Waals surface area contributed by atoms with E-state index in [2.05, 4.69) is 26.6 Å². The highest BCUT2D eigenvalue weighted by molar-refractivity contribution is 9.10. The van der Waals surface area contributed by atoms with Crippen LogP contribution >= 0.6 is 28.3 Å². The van der Waals surface area contributed by atoms with E-state index in [4.69, 9.17) is 4.74 Å². The molecule has 4 nitrogen and oxygen atoms in total. The zero-order valence-electron chi connectivity index (χ0n) is 12.2. The van der Waals surface area contributed by atoms with E-state index in [-0.39, 0.29) is 18.3 Å². The number of nitrogens with one attached hydrogen (secondary N) is 2. The first kappa shape index (κ1) is 18.3. The van der Waals surface area contributed by atoms with Crippen LogP contribution in [0.4, 0.5) is 0 Å². The molecule has 0 radical (unpaired) electrons. The van der Waals surface area contributed by atoms with Crippen molar-refractivity contribution in [1.82, 2.24) is 10.6 Å². The quantitative estimate of drug-likeness (QED) is 0.829. The minimum atomic E-state index is 0. The van der Waals surface area contributed by atoms with Crippen molar-refractivity contribution in [1.29, 1.82) is 0 Å². The van der Waals surface area contributed by atoms with Gasteiger partial charge in [0.05, 0.1) is 13.5 Å². The molecule has 0 aliphatic carbocycles. The first-order valence-corrected chi connectivity index (χ1v) is 7.78. The lowest BCUT2D eigenvalue weighted by Gasteiger charge is -2.22. The van der Waals surface area contributed by atoms with Gasteiger partial charge < -0.3 is 15.4 Å². The fraction of sp³-hybridized carbons (Fsp3) is 0.533. The van der Waals surface area contributed by atoms with E-state index in [0.29, 0.717) is 12.3 Å². The van der Waals surface area contributed by atoms with Crippen molar-refractivity contribution in [3.05, 3.63) is 28.2 Å². The van der Waals surface area contributed by atoms with Crippen molar-refractivity contribution in [2.24, 2.45) is 5.92 Å². The van der Waals surface area contributed by atoms with Gasteiger partial charge in [0.1, 0.15) is 5.75 Å². The number of hydrogen-bond donors (Lipinski definition) is 2. The van der Waals surface area contributed by atoms with Gasteiger partial charge in [-0.3, -0.25) is 4.79 Å². The standard InChI is InChI=1S/C15H21BrN2O2.ClH/c1-20-14-5-4-13(16)7-12(14)8-15(19)18-10-11-3-2-6-17-9-11;/h4-5,7,11,17H,2-3,6,8-10H2,1H3,(H,18,19);1H. The molecule has 1 unspecified atom stereocenters. The second-order valence-corrected chi connectivity index (χ2v) is 6.07. The number of piperidine rings is 1. The van der Waals surface area contributed by atoms with Gasteiger partial charge in [0.15, 0.2) is 0 Å². The third kappa shape index (κ3) is 5.85. The van der Waals surface area contributed by atoms with E-state index in [1.165, 1.54) is 12.8 Å². The third-order valence-corrected chi connectivity index (χ3v) is 4.07. The Balaban J connectivity index is 0.00000220.